The Hall–Kier alpha value is -2.67. The zero-order chi connectivity index (χ0) is 17.7. The molecule has 0 bridgehead atoms. The first-order valence-corrected chi connectivity index (χ1v) is 7.83. The first-order chi connectivity index (χ1) is 11.5. The van der Waals surface area contributed by atoms with Crippen molar-refractivity contribution in [1.29, 1.82) is 0 Å². The van der Waals surface area contributed by atoms with Crippen LogP contribution in [-0.2, 0) is 12.6 Å². The molecule has 1 aromatic carbocycles. The third-order valence-corrected chi connectivity index (χ3v) is 3.88. The molecule has 0 spiro atoms. The average Bonchev–Trinajstić information content (AvgIpc) is 2.56. The van der Waals surface area contributed by atoms with Crippen LogP contribution in [0.5, 0.6) is 0 Å². The average molecular weight is 343 g/mol. The molecular formula is C17H17N3O3S. The van der Waals surface area contributed by atoms with Crippen molar-refractivity contribution in [2.75, 3.05) is 6.54 Å². The minimum atomic E-state index is -0.802. The van der Waals surface area contributed by atoms with Crippen LogP contribution in [0.4, 0.5) is 5.69 Å². The molecule has 1 aromatic heterocycles. The predicted octanol–water partition coefficient (Wildman–Crippen LogP) is 2.58. The fourth-order valence-electron chi connectivity index (χ4n) is 2.32. The van der Waals surface area contributed by atoms with Crippen LogP contribution < -0.4 is 4.57 Å². The molecule has 0 aliphatic rings. The van der Waals surface area contributed by atoms with Gasteiger partial charge in [0.2, 0.25) is 11.8 Å². The summed E-state index contributed by atoms with van der Waals surface area (Å²) < 4.78 is 1.66. The largest absolute Gasteiger partial charge is 0.758 e. The van der Waals surface area contributed by atoms with Crippen molar-refractivity contribution in [1.82, 2.24) is 0 Å². The number of benzene rings is 1. The van der Waals surface area contributed by atoms with E-state index in [-0.39, 0.29) is 22.1 Å². The van der Waals surface area contributed by atoms with Gasteiger partial charge in [0.25, 0.3) is 5.69 Å². The Morgan fingerprint density at radius 1 is 1.33 bits per heavy atom. The van der Waals surface area contributed by atoms with Gasteiger partial charge < -0.3 is 17.6 Å². The number of aliphatic imine (C=N–C) groups is 1. The Morgan fingerprint density at radius 3 is 2.58 bits per heavy atom. The van der Waals surface area contributed by atoms with Crippen LogP contribution in [0.1, 0.15) is 28.9 Å². The van der Waals surface area contributed by atoms with Crippen molar-refractivity contribution in [3.05, 3.63) is 70.0 Å². The van der Waals surface area contributed by atoms with E-state index in [1.54, 1.807) is 48.1 Å². The lowest BCUT2D eigenvalue weighted by atomic mass is 10.0. The molecule has 24 heavy (non-hydrogen) atoms. The first kappa shape index (κ1) is 17.7. The number of rotatable bonds is 6. The van der Waals surface area contributed by atoms with Crippen molar-refractivity contribution in [3.8, 4) is 0 Å². The zero-order valence-corrected chi connectivity index (χ0v) is 14.2. The van der Waals surface area contributed by atoms with Gasteiger partial charge in [0.05, 0.1) is 4.92 Å². The van der Waals surface area contributed by atoms with Gasteiger partial charge in [0.15, 0.2) is 12.4 Å². The van der Waals surface area contributed by atoms with Gasteiger partial charge >= 0.3 is 0 Å². The minimum Gasteiger partial charge on any atom is -0.758 e. The number of nitro groups is 1. The Bertz CT molecular complexity index is 791. The number of pyridine rings is 1. The van der Waals surface area contributed by atoms with Crippen LogP contribution in [0, 0.1) is 17.0 Å². The summed E-state index contributed by atoms with van der Waals surface area (Å²) in [4.78, 5) is 27.8. The maximum absolute atomic E-state index is 13.0. The molecule has 0 amide bonds. The third kappa shape index (κ3) is 3.80. The van der Waals surface area contributed by atoms with Gasteiger partial charge in [-0.25, -0.2) is 0 Å². The lowest BCUT2D eigenvalue weighted by Gasteiger charge is -2.18. The van der Waals surface area contributed by atoms with Crippen LogP contribution in [0.2, 0.25) is 0 Å². The van der Waals surface area contributed by atoms with Crippen molar-refractivity contribution < 1.29 is 14.3 Å². The lowest BCUT2D eigenvalue weighted by molar-refractivity contribution is -0.691. The molecule has 0 saturated heterocycles. The number of Topliss-reactive ketones (excluding diaryl/α,β-unsaturated/α-hetero) is 1. The monoisotopic (exact) mass is 343 g/mol. The van der Waals surface area contributed by atoms with Crippen LogP contribution in [0.15, 0.2) is 53.8 Å². The second-order valence-corrected chi connectivity index (χ2v) is 5.58. The number of hydrogen-bond donors (Lipinski definition) is 0. The zero-order valence-electron chi connectivity index (χ0n) is 13.4. The molecule has 0 aliphatic heterocycles. The SMILES string of the molecule is CCN=C([S-])C(C(=O)c1ccc(C)c([N+](=O)[O-])c1)[n+]1ccccc1. The second-order valence-electron chi connectivity index (χ2n) is 5.16. The Labute approximate surface area is 145 Å². The topological polar surface area (TPSA) is 76.4 Å². The summed E-state index contributed by atoms with van der Waals surface area (Å²) in [6.07, 6.45) is 3.45. The Morgan fingerprint density at radius 2 is 2.00 bits per heavy atom. The van der Waals surface area contributed by atoms with Crippen LogP contribution >= 0.6 is 0 Å². The van der Waals surface area contributed by atoms with E-state index < -0.39 is 11.0 Å². The van der Waals surface area contributed by atoms with Crippen molar-refractivity contribution in [3.63, 3.8) is 0 Å². The highest BCUT2D eigenvalue weighted by molar-refractivity contribution is 7.77. The summed E-state index contributed by atoms with van der Waals surface area (Å²) in [5, 5.41) is 11.4. The number of nitro benzene ring substituents is 1. The molecule has 1 heterocycles. The summed E-state index contributed by atoms with van der Waals surface area (Å²) in [7, 11) is 0. The van der Waals surface area contributed by atoms with E-state index in [0.29, 0.717) is 12.1 Å². The van der Waals surface area contributed by atoms with E-state index in [2.05, 4.69) is 4.99 Å². The predicted molar refractivity (Wildman–Crippen MR) is 93.2 cm³/mol. The molecule has 0 radical (unpaired) electrons. The highest BCUT2D eigenvalue weighted by Crippen LogP contribution is 2.21. The van der Waals surface area contributed by atoms with E-state index in [4.69, 9.17) is 12.6 Å². The maximum Gasteiger partial charge on any atom is 0.273 e. The first-order valence-electron chi connectivity index (χ1n) is 7.42. The highest BCUT2D eigenvalue weighted by Gasteiger charge is 2.29. The molecular weight excluding hydrogens is 326 g/mol. The molecule has 7 heteroatoms. The lowest BCUT2D eigenvalue weighted by Crippen LogP contribution is -2.47. The second kappa shape index (κ2) is 7.74. The standard InChI is InChI=1S/C17H17N3O3S/c1-3-18-17(24)15(19-9-5-4-6-10-19)16(21)13-8-7-12(2)14(11-13)20(22)23/h4-11,15H,3H2,1-2H3. The number of aryl methyl sites for hydroxylation is 1. The van der Waals surface area contributed by atoms with Gasteiger partial charge in [-0.15, -0.1) is 0 Å². The van der Waals surface area contributed by atoms with Crippen LogP contribution in [0.3, 0.4) is 0 Å². The van der Waals surface area contributed by atoms with Gasteiger partial charge in [-0.05, 0) is 18.9 Å². The maximum atomic E-state index is 13.0. The van der Waals surface area contributed by atoms with Gasteiger partial charge in [-0.3, -0.25) is 14.9 Å². The van der Waals surface area contributed by atoms with E-state index in [9.17, 15) is 14.9 Å². The minimum absolute atomic E-state index is 0.0870. The van der Waals surface area contributed by atoms with E-state index in [1.807, 2.05) is 13.0 Å². The molecule has 0 aliphatic carbocycles. The molecule has 2 aromatic rings. The van der Waals surface area contributed by atoms with Gasteiger partial charge in [0, 0.05) is 35.9 Å². The molecule has 1 atom stereocenters. The number of ketones is 1. The van der Waals surface area contributed by atoms with Gasteiger partial charge in [-0.2, -0.15) is 4.57 Å². The molecule has 124 valence electrons. The molecule has 6 nitrogen and oxygen atoms in total. The fourth-order valence-corrected chi connectivity index (χ4v) is 2.68. The molecule has 0 fully saturated rings. The number of nitrogens with zero attached hydrogens (tertiary/aromatic N) is 3. The van der Waals surface area contributed by atoms with Crippen LogP contribution in [0.25, 0.3) is 0 Å². The summed E-state index contributed by atoms with van der Waals surface area (Å²) in [5.74, 6) is -0.323. The van der Waals surface area contributed by atoms with E-state index in [0.717, 1.165) is 0 Å². The number of aromatic nitrogens is 1. The van der Waals surface area contributed by atoms with Crippen LogP contribution in [-0.4, -0.2) is 22.3 Å². The Balaban J connectivity index is 2.51. The summed E-state index contributed by atoms with van der Waals surface area (Å²) in [6.45, 7) is 3.93. The van der Waals surface area contributed by atoms with E-state index in [1.165, 1.54) is 6.07 Å². The number of carbonyl (C=O) groups excluding carboxylic acids is 1. The Kier molecular flexibility index (Phi) is 5.70. The van der Waals surface area contributed by atoms with Gasteiger partial charge in [0.1, 0.15) is 0 Å². The molecule has 1 unspecified atom stereocenters. The smallest absolute Gasteiger partial charge is 0.273 e. The number of hydrogen-bond acceptors (Lipinski definition) is 5. The summed E-state index contributed by atoms with van der Waals surface area (Å²) in [6, 6.07) is 9.04. The number of carbonyl (C=O) groups is 1. The quantitative estimate of drug-likeness (QED) is 0.154. The highest BCUT2D eigenvalue weighted by atomic mass is 32.1. The van der Waals surface area contributed by atoms with Crippen molar-refractivity contribution in [2.45, 2.75) is 19.9 Å². The van der Waals surface area contributed by atoms with Crippen molar-refractivity contribution >= 4 is 29.1 Å². The summed E-state index contributed by atoms with van der Waals surface area (Å²) in [5.41, 5.74) is 0.652. The van der Waals surface area contributed by atoms with Crippen molar-refractivity contribution in [2.24, 2.45) is 4.99 Å². The van der Waals surface area contributed by atoms with Gasteiger partial charge in [-0.1, -0.05) is 18.2 Å². The fraction of sp³-hybridized carbons (Fsp3) is 0.235. The van der Waals surface area contributed by atoms with E-state index >= 15 is 0 Å². The third-order valence-electron chi connectivity index (χ3n) is 3.52. The summed E-state index contributed by atoms with van der Waals surface area (Å²) >= 11 is 5.30. The molecule has 0 N–H and O–H groups in total. The molecule has 2 rings (SSSR count). The molecule has 0 saturated carbocycles. The normalized spacial score (nSPS) is 12.7.